The van der Waals surface area contributed by atoms with Gasteiger partial charge >= 0.3 is 5.97 Å². The standard InChI is InChI=1S/C7H12O3/c8-7(9)5-6-3-1-2-4-10-6/h6H,1-5H2,(H,8,9). The number of ether oxygens (including phenoxy) is 1. The van der Waals surface area contributed by atoms with Gasteiger partial charge in [0, 0.05) is 6.61 Å². The van der Waals surface area contributed by atoms with Gasteiger partial charge in [0.1, 0.15) is 0 Å². The maximum atomic E-state index is 10.2. The molecule has 0 saturated carbocycles. The Labute approximate surface area is 60.0 Å². The Kier molecular flexibility index (Phi) is 2.68. The molecule has 1 saturated heterocycles. The summed E-state index contributed by atoms with van der Waals surface area (Å²) in [6, 6.07) is 0. The van der Waals surface area contributed by atoms with Crippen LogP contribution >= 0.6 is 0 Å². The maximum absolute atomic E-state index is 10.2. The molecule has 0 aromatic heterocycles. The van der Waals surface area contributed by atoms with E-state index in [-0.39, 0.29) is 12.5 Å². The molecule has 3 nitrogen and oxygen atoms in total. The van der Waals surface area contributed by atoms with Crippen molar-refractivity contribution in [1.29, 1.82) is 0 Å². The molecule has 0 bridgehead atoms. The van der Waals surface area contributed by atoms with Crippen LogP contribution in [0, 0.1) is 0 Å². The molecule has 0 radical (unpaired) electrons. The van der Waals surface area contributed by atoms with Crippen LogP contribution in [0.5, 0.6) is 0 Å². The highest BCUT2D eigenvalue weighted by Gasteiger charge is 2.16. The lowest BCUT2D eigenvalue weighted by Gasteiger charge is -2.20. The Morgan fingerprint density at radius 3 is 2.90 bits per heavy atom. The zero-order chi connectivity index (χ0) is 7.40. The fourth-order valence-corrected chi connectivity index (χ4v) is 1.16. The molecule has 1 heterocycles. The van der Waals surface area contributed by atoms with Gasteiger partial charge in [0.2, 0.25) is 0 Å². The van der Waals surface area contributed by atoms with E-state index in [1.807, 2.05) is 0 Å². The molecule has 1 N–H and O–H groups in total. The minimum Gasteiger partial charge on any atom is -0.481 e. The fourth-order valence-electron chi connectivity index (χ4n) is 1.16. The molecule has 58 valence electrons. The van der Waals surface area contributed by atoms with Crippen molar-refractivity contribution in [3.63, 3.8) is 0 Å². The average Bonchev–Trinajstić information content (AvgIpc) is 1.88. The van der Waals surface area contributed by atoms with Gasteiger partial charge in [0.15, 0.2) is 0 Å². The Balaban J connectivity index is 2.19. The first-order valence-electron chi connectivity index (χ1n) is 3.62. The summed E-state index contributed by atoms with van der Waals surface area (Å²) in [6.45, 7) is 0.734. The summed E-state index contributed by atoms with van der Waals surface area (Å²) in [5, 5.41) is 8.39. The van der Waals surface area contributed by atoms with Crippen molar-refractivity contribution in [1.82, 2.24) is 0 Å². The zero-order valence-electron chi connectivity index (χ0n) is 5.88. The van der Waals surface area contributed by atoms with Crippen LogP contribution < -0.4 is 0 Å². The molecule has 1 atom stereocenters. The van der Waals surface area contributed by atoms with Crippen LogP contribution in [0.2, 0.25) is 0 Å². The topological polar surface area (TPSA) is 46.5 Å². The molecule has 1 aliphatic heterocycles. The monoisotopic (exact) mass is 144 g/mol. The number of hydrogen-bond donors (Lipinski definition) is 1. The van der Waals surface area contributed by atoms with Crippen LogP contribution in [0.4, 0.5) is 0 Å². The smallest absolute Gasteiger partial charge is 0.305 e. The molecule has 0 spiro atoms. The van der Waals surface area contributed by atoms with E-state index >= 15 is 0 Å². The minimum absolute atomic E-state index is 0.0220. The highest BCUT2D eigenvalue weighted by atomic mass is 16.5. The van der Waals surface area contributed by atoms with Gasteiger partial charge in [0.05, 0.1) is 12.5 Å². The molecule has 1 unspecified atom stereocenters. The summed E-state index contributed by atoms with van der Waals surface area (Å²) < 4.78 is 5.21. The summed E-state index contributed by atoms with van der Waals surface area (Å²) in [4.78, 5) is 10.2. The lowest BCUT2D eigenvalue weighted by Crippen LogP contribution is -2.21. The summed E-state index contributed by atoms with van der Waals surface area (Å²) >= 11 is 0. The number of aliphatic carboxylic acids is 1. The Hall–Kier alpha value is -0.570. The third kappa shape index (κ3) is 2.35. The molecule has 1 rings (SSSR count). The first-order chi connectivity index (χ1) is 4.79. The highest BCUT2D eigenvalue weighted by Crippen LogP contribution is 2.14. The molecular weight excluding hydrogens is 132 g/mol. The zero-order valence-corrected chi connectivity index (χ0v) is 5.88. The van der Waals surface area contributed by atoms with Crippen molar-refractivity contribution in [2.75, 3.05) is 6.61 Å². The highest BCUT2D eigenvalue weighted by molar-refractivity contribution is 5.67. The van der Waals surface area contributed by atoms with E-state index in [4.69, 9.17) is 9.84 Å². The lowest BCUT2D eigenvalue weighted by molar-refractivity contribution is -0.141. The van der Waals surface area contributed by atoms with Crippen molar-refractivity contribution in [3.8, 4) is 0 Å². The first kappa shape index (κ1) is 7.54. The van der Waals surface area contributed by atoms with E-state index < -0.39 is 5.97 Å². The third-order valence-electron chi connectivity index (χ3n) is 1.68. The van der Waals surface area contributed by atoms with Crippen LogP contribution in [0.3, 0.4) is 0 Å². The SMILES string of the molecule is O=C(O)CC1CCCCO1. The number of carboxylic acids is 1. The molecule has 1 aliphatic rings. The van der Waals surface area contributed by atoms with Gasteiger partial charge < -0.3 is 9.84 Å². The van der Waals surface area contributed by atoms with Crippen molar-refractivity contribution in [3.05, 3.63) is 0 Å². The second-order valence-electron chi connectivity index (χ2n) is 2.59. The Morgan fingerprint density at radius 2 is 2.40 bits per heavy atom. The van der Waals surface area contributed by atoms with Gasteiger partial charge in [-0.15, -0.1) is 0 Å². The van der Waals surface area contributed by atoms with Gasteiger partial charge in [-0.1, -0.05) is 0 Å². The molecular formula is C7H12O3. The van der Waals surface area contributed by atoms with E-state index in [2.05, 4.69) is 0 Å². The van der Waals surface area contributed by atoms with Gasteiger partial charge in [-0.3, -0.25) is 4.79 Å². The second-order valence-corrected chi connectivity index (χ2v) is 2.59. The summed E-state index contributed by atoms with van der Waals surface area (Å²) in [5.74, 6) is -0.757. The van der Waals surface area contributed by atoms with Crippen molar-refractivity contribution in [2.45, 2.75) is 31.8 Å². The van der Waals surface area contributed by atoms with Crippen molar-refractivity contribution >= 4 is 5.97 Å². The van der Waals surface area contributed by atoms with E-state index in [0.717, 1.165) is 25.9 Å². The van der Waals surface area contributed by atoms with Crippen LogP contribution in [-0.2, 0) is 9.53 Å². The Bertz CT molecular complexity index is 116. The van der Waals surface area contributed by atoms with Crippen molar-refractivity contribution in [2.24, 2.45) is 0 Å². The van der Waals surface area contributed by atoms with Crippen molar-refractivity contribution < 1.29 is 14.6 Å². The summed E-state index contributed by atoms with van der Waals surface area (Å²) in [7, 11) is 0. The fraction of sp³-hybridized carbons (Fsp3) is 0.857. The van der Waals surface area contributed by atoms with E-state index in [1.54, 1.807) is 0 Å². The Morgan fingerprint density at radius 1 is 1.60 bits per heavy atom. The molecule has 10 heavy (non-hydrogen) atoms. The van der Waals surface area contributed by atoms with E-state index in [9.17, 15) is 4.79 Å². The molecule has 1 fully saturated rings. The average molecular weight is 144 g/mol. The van der Waals surface area contributed by atoms with Crippen LogP contribution in [0.25, 0.3) is 0 Å². The number of rotatable bonds is 2. The third-order valence-corrected chi connectivity index (χ3v) is 1.68. The van der Waals surface area contributed by atoms with E-state index in [1.165, 1.54) is 0 Å². The van der Waals surface area contributed by atoms with E-state index in [0.29, 0.717) is 0 Å². The molecule has 3 heteroatoms. The summed E-state index contributed by atoms with van der Waals surface area (Å²) in [5.41, 5.74) is 0. The molecule has 0 aliphatic carbocycles. The summed E-state index contributed by atoms with van der Waals surface area (Å²) in [6.07, 6.45) is 3.24. The quantitative estimate of drug-likeness (QED) is 0.629. The largest absolute Gasteiger partial charge is 0.481 e. The molecule has 0 amide bonds. The normalized spacial score (nSPS) is 26.2. The van der Waals surface area contributed by atoms with Gasteiger partial charge in [-0.2, -0.15) is 0 Å². The predicted octanol–water partition coefficient (Wildman–Crippen LogP) is 1.03. The lowest BCUT2D eigenvalue weighted by atomic mass is 10.1. The van der Waals surface area contributed by atoms with Gasteiger partial charge in [-0.05, 0) is 19.3 Å². The number of hydrogen-bond acceptors (Lipinski definition) is 2. The maximum Gasteiger partial charge on any atom is 0.305 e. The van der Waals surface area contributed by atoms with Crippen LogP contribution in [0.1, 0.15) is 25.7 Å². The van der Waals surface area contributed by atoms with Gasteiger partial charge in [0.25, 0.3) is 0 Å². The molecule has 0 aromatic rings. The van der Waals surface area contributed by atoms with Crippen LogP contribution in [-0.4, -0.2) is 23.8 Å². The second kappa shape index (κ2) is 3.56. The number of carbonyl (C=O) groups is 1. The molecule has 0 aromatic carbocycles. The first-order valence-corrected chi connectivity index (χ1v) is 3.62. The minimum atomic E-state index is -0.757. The van der Waals surface area contributed by atoms with Crippen LogP contribution in [0.15, 0.2) is 0 Å². The van der Waals surface area contributed by atoms with Gasteiger partial charge in [-0.25, -0.2) is 0 Å². The number of carboxylic acid groups (broad SMARTS) is 1. The predicted molar refractivity (Wildman–Crippen MR) is 35.8 cm³/mol.